The van der Waals surface area contributed by atoms with E-state index in [4.69, 9.17) is 10.2 Å². The van der Waals surface area contributed by atoms with E-state index in [0.717, 1.165) is 11.6 Å². The minimum absolute atomic E-state index is 0.0879. The second kappa shape index (κ2) is 6.39. The Labute approximate surface area is 105 Å². The van der Waals surface area contributed by atoms with E-state index in [9.17, 15) is 9.59 Å². The molecular formula is C14H14O4. The molecule has 1 aromatic rings. The van der Waals surface area contributed by atoms with Crippen LogP contribution in [0.2, 0.25) is 0 Å². The summed E-state index contributed by atoms with van der Waals surface area (Å²) in [7, 11) is 0. The molecule has 2 N–H and O–H groups in total. The average molecular weight is 246 g/mol. The zero-order valence-corrected chi connectivity index (χ0v) is 9.96. The van der Waals surface area contributed by atoms with Crippen molar-refractivity contribution in [2.45, 2.75) is 13.3 Å². The van der Waals surface area contributed by atoms with Crippen molar-refractivity contribution >= 4 is 17.5 Å². The summed E-state index contributed by atoms with van der Waals surface area (Å²) in [6, 6.07) is 7.17. The maximum absolute atomic E-state index is 11.2. The first-order valence-electron chi connectivity index (χ1n) is 5.49. The van der Waals surface area contributed by atoms with E-state index < -0.39 is 11.9 Å². The SMILES string of the molecule is CCc1ccccc1/C(=C\C=C\C(=O)O)C(=O)O. The number of hydrogen-bond acceptors (Lipinski definition) is 2. The molecule has 18 heavy (non-hydrogen) atoms. The lowest BCUT2D eigenvalue weighted by Gasteiger charge is -2.07. The van der Waals surface area contributed by atoms with Gasteiger partial charge < -0.3 is 10.2 Å². The molecule has 0 fully saturated rings. The van der Waals surface area contributed by atoms with Crippen molar-refractivity contribution in [1.82, 2.24) is 0 Å². The van der Waals surface area contributed by atoms with Gasteiger partial charge in [-0.25, -0.2) is 9.59 Å². The van der Waals surface area contributed by atoms with Gasteiger partial charge in [-0.15, -0.1) is 0 Å². The van der Waals surface area contributed by atoms with Crippen LogP contribution in [0.1, 0.15) is 18.1 Å². The van der Waals surface area contributed by atoms with Crippen LogP contribution in [0.3, 0.4) is 0 Å². The van der Waals surface area contributed by atoms with Crippen LogP contribution in [0, 0.1) is 0 Å². The van der Waals surface area contributed by atoms with Crippen LogP contribution in [0.5, 0.6) is 0 Å². The van der Waals surface area contributed by atoms with Gasteiger partial charge in [0.05, 0.1) is 5.57 Å². The Bertz CT molecular complexity index is 512. The first kappa shape index (κ1) is 13.7. The molecule has 0 aliphatic rings. The van der Waals surface area contributed by atoms with Crippen molar-refractivity contribution in [3.05, 3.63) is 53.6 Å². The number of carboxylic acid groups (broad SMARTS) is 2. The third-order valence-corrected chi connectivity index (χ3v) is 2.42. The van der Waals surface area contributed by atoms with E-state index in [1.807, 2.05) is 19.1 Å². The summed E-state index contributed by atoms with van der Waals surface area (Å²) in [4.78, 5) is 21.5. The Morgan fingerprint density at radius 1 is 1.22 bits per heavy atom. The molecule has 4 heteroatoms. The third-order valence-electron chi connectivity index (χ3n) is 2.42. The van der Waals surface area contributed by atoms with Gasteiger partial charge in [0.25, 0.3) is 0 Å². The molecule has 0 spiro atoms. The fraction of sp³-hybridized carbons (Fsp3) is 0.143. The standard InChI is InChI=1S/C14H14O4/c1-2-10-6-3-4-7-11(10)12(14(17)18)8-5-9-13(15)16/h3-9H,2H2,1H3,(H,15,16)(H,17,18)/b9-5+,12-8+. The van der Waals surface area contributed by atoms with Crippen LogP contribution in [-0.4, -0.2) is 22.2 Å². The number of allylic oxidation sites excluding steroid dienone is 2. The summed E-state index contributed by atoms with van der Waals surface area (Å²) in [5, 5.41) is 17.6. The lowest BCUT2D eigenvalue weighted by molar-refractivity contribution is -0.132. The molecule has 0 amide bonds. The summed E-state index contributed by atoms with van der Waals surface area (Å²) >= 11 is 0. The normalized spacial score (nSPS) is 11.7. The van der Waals surface area contributed by atoms with Crippen LogP contribution in [0.4, 0.5) is 0 Å². The Balaban J connectivity index is 3.20. The highest BCUT2D eigenvalue weighted by atomic mass is 16.4. The van der Waals surface area contributed by atoms with E-state index in [1.54, 1.807) is 12.1 Å². The zero-order chi connectivity index (χ0) is 13.5. The number of benzene rings is 1. The van der Waals surface area contributed by atoms with E-state index in [2.05, 4.69) is 0 Å². The number of rotatable bonds is 5. The molecule has 0 atom stereocenters. The van der Waals surface area contributed by atoms with E-state index in [-0.39, 0.29) is 5.57 Å². The van der Waals surface area contributed by atoms with Gasteiger partial charge in [0.2, 0.25) is 0 Å². The van der Waals surface area contributed by atoms with Gasteiger partial charge in [0.1, 0.15) is 0 Å². The lowest BCUT2D eigenvalue weighted by Crippen LogP contribution is -2.02. The minimum atomic E-state index is -1.11. The van der Waals surface area contributed by atoms with Crippen LogP contribution in [0.15, 0.2) is 42.5 Å². The predicted octanol–water partition coefficient (Wildman–Crippen LogP) is 2.36. The first-order valence-corrected chi connectivity index (χ1v) is 5.49. The largest absolute Gasteiger partial charge is 0.478 e. The number of aliphatic carboxylic acids is 2. The van der Waals surface area contributed by atoms with Crippen molar-refractivity contribution in [3.8, 4) is 0 Å². The molecule has 0 saturated carbocycles. The molecule has 0 saturated heterocycles. The molecule has 94 valence electrons. The monoisotopic (exact) mass is 246 g/mol. The van der Waals surface area contributed by atoms with E-state index >= 15 is 0 Å². The summed E-state index contributed by atoms with van der Waals surface area (Å²) in [5.41, 5.74) is 1.61. The maximum Gasteiger partial charge on any atom is 0.336 e. The lowest BCUT2D eigenvalue weighted by atomic mass is 9.98. The Hall–Kier alpha value is -2.36. The summed E-state index contributed by atoms with van der Waals surface area (Å²) in [6.45, 7) is 1.94. The van der Waals surface area contributed by atoms with Gasteiger partial charge >= 0.3 is 11.9 Å². The molecule has 1 rings (SSSR count). The second-order valence-electron chi connectivity index (χ2n) is 3.59. The average Bonchev–Trinajstić information content (AvgIpc) is 2.34. The summed E-state index contributed by atoms with van der Waals surface area (Å²) in [5.74, 6) is -2.19. The van der Waals surface area contributed by atoms with Gasteiger partial charge in [0.15, 0.2) is 0 Å². The maximum atomic E-state index is 11.2. The van der Waals surface area contributed by atoms with Crippen LogP contribution in [0.25, 0.3) is 5.57 Å². The highest BCUT2D eigenvalue weighted by Crippen LogP contribution is 2.20. The fourth-order valence-electron chi connectivity index (χ4n) is 1.59. The number of carboxylic acids is 2. The summed E-state index contributed by atoms with van der Waals surface area (Å²) < 4.78 is 0. The molecule has 0 radical (unpaired) electrons. The van der Waals surface area contributed by atoms with E-state index in [0.29, 0.717) is 12.0 Å². The molecule has 0 bridgehead atoms. The highest BCUT2D eigenvalue weighted by Gasteiger charge is 2.12. The molecular weight excluding hydrogens is 232 g/mol. The smallest absolute Gasteiger partial charge is 0.336 e. The van der Waals surface area contributed by atoms with Crippen LogP contribution < -0.4 is 0 Å². The highest BCUT2D eigenvalue weighted by molar-refractivity contribution is 6.16. The zero-order valence-electron chi connectivity index (χ0n) is 9.96. The first-order chi connectivity index (χ1) is 8.56. The summed E-state index contributed by atoms with van der Waals surface area (Å²) in [6.07, 6.45) is 4.13. The Morgan fingerprint density at radius 2 is 1.89 bits per heavy atom. The number of carbonyl (C=O) groups is 2. The van der Waals surface area contributed by atoms with Gasteiger partial charge in [0, 0.05) is 6.08 Å². The van der Waals surface area contributed by atoms with Crippen molar-refractivity contribution in [2.24, 2.45) is 0 Å². The quantitative estimate of drug-likeness (QED) is 0.617. The van der Waals surface area contributed by atoms with Gasteiger partial charge in [-0.05, 0) is 23.6 Å². The predicted molar refractivity (Wildman–Crippen MR) is 68.2 cm³/mol. The van der Waals surface area contributed by atoms with Crippen molar-refractivity contribution in [1.29, 1.82) is 0 Å². The molecule has 0 aromatic heterocycles. The third kappa shape index (κ3) is 3.59. The Morgan fingerprint density at radius 3 is 2.44 bits per heavy atom. The minimum Gasteiger partial charge on any atom is -0.478 e. The van der Waals surface area contributed by atoms with Gasteiger partial charge in [-0.2, -0.15) is 0 Å². The second-order valence-corrected chi connectivity index (χ2v) is 3.59. The van der Waals surface area contributed by atoms with Gasteiger partial charge in [-0.1, -0.05) is 37.3 Å². The van der Waals surface area contributed by atoms with Crippen molar-refractivity contribution < 1.29 is 19.8 Å². The molecule has 4 nitrogen and oxygen atoms in total. The molecule has 0 aliphatic carbocycles. The molecule has 0 aliphatic heterocycles. The Kier molecular flexibility index (Phi) is 4.87. The topological polar surface area (TPSA) is 74.6 Å². The van der Waals surface area contributed by atoms with Crippen molar-refractivity contribution in [3.63, 3.8) is 0 Å². The fourth-order valence-corrected chi connectivity index (χ4v) is 1.59. The van der Waals surface area contributed by atoms with Crippen molar-refractivity contribution in [2.75, 3.05) is 0 Å². The number of aryl methyl sites for hydroxylation is 1. The molecule has 0 unspecified atom stereocenters. The molecule has 0 heterocycles. The van der Waals surface area contributed by atoms with Gasteiger partial charge in [-0.3, -0.25) is 0 Å². The van der Waals surface area contributed by atoms with E-state index in [1.165, 1.54) is 12.2 Å². The molecule has 1 aromatic carbocycles. The number of hydrogen-bond donors (Lipinski definition) is 2. The van der Waals surface area contributed by atoms with Crippen LogP contribution in [-0.2, 0) is 16.0 Å². The van der Waals surface area contributed by atoms with Crippen LogP contribution >= 0.6 is 0 Å².